The van der Waals surface area contributed by atoms with Gasteiger partial charge in [0, 0.05) is 24.0 Å². The van der Waals surface area contributed by atoms with Gasteiger partial charge in [-0.1, -0.05) is 12.8 Å². The normalized spacial score (nSPS) is 18.9. The Kier molecular flexibility index (Phi) is 3.76. The minimum atomic E-state index is 0.209. The summed E-state index contributed by atoms with van der Waals surface area (Å²) in [6.45, 7) is 0.673. The molecule has 5 nitrogen and oxygen atoms in total. The van der Waals surface area contributed by atoms with Gasteiger partial charge in [-0.2, -0.15) is 5.10 Å². The molecule has 0 spiro atoms. The fourth-order valence-electron chi connectivity index (χ4n) is 4.48. The van der Waals surface area contributed by atoms with Crippen LogP contribution in [-0.4, -0.2) is 32.3 Å². The standard InChI is InChI=1S/C18H26N4O/c1-20(13-7-3-4-8-13)12-22-17-16(11-19-21(17)2)14-9-5-6-10-15(14)18(22)23/h11,13H,3-10,12H2,1-2H3. The minimum absolute atomic E-state index is 0.209. The summed E-state index contributed by atoms with van der Waals surface area (Å²) >= 11 is 0. The van der Waals surface area contributed by atoms with Crippen molar-refractivity contribution in [2.24, 2.45) is 7.05 Å². The molecule has 2 heterocycles. The van der Waals surface area contributed by atoms with E-state index in [1.807, 2.05) is 22.5 Å². The number of aromatic nitrogens is 3. The number of hydrogen-bond donors (Lipinski definition) is 0. The molecule has 0 saturated heterocycles. The van der Waals surface area contributed by atoms with Gasteiger partial charge in [0.05, 0.1) is 12.9 Å². The van der Waals surface area contributed by atoms with Crippen molar-refractivity contribution in [2.45, 2.75) is 64.1 Å². The highest BCUT2D eigenvalue weighted by atomic mass is 16.1. The molecule has 0 radical (unpaired) electrons. The van der Waals surface area contributed by atoms with Gasteiger partial charge in [0.2, 0.25) is 0 Å². The Morgan fingerprint density at radius 3 is 2.61 bits per heavy atom. The van der Waals surface area contributed by atoms with Crippen LogP contribution < -0.4 is 5.56 Å². The Morgan fingerprint density at radius 2 is 1.87 bits per heavy atom. The zero-order valence-electron chi connectivity index (χ0n) is 14.2. The largest absolute Gasteiger partial charge is 0.286 e. The lowest BCUT2D eigenvalue weighted by Crippen LogP contribution is -2.38. The molecule has 0 unspecified atom stereocenters. The molecule has 2 aromatic rings. The molecule has 2 aromatic heterocycles. The van der Waals surface area contributed by atoms with Crippen LogP contribution in [0.5, 0.6) is 0 Å². The van der Waals surface area contributed by atoms with Crippen molar-refractivity contribution in [1.82, 2.24) is 19.2 Å². The van der Waals surface area contributed by atoms with Crippen LogP contribution in [0.25, 0.3) is 11.0 Å². The first-order chi connectivity index (χ1) is 11.2. The maximum atomic E-state index is 13.1. The first kappa shape index (κ1) is 14.9. The maximum Gasteiger partial charge on any atom is 0.256 e. The van der Waals surface area contributed by atoms with Crippen LogP contribution in [0.4, 0.5) is 0 Å². The van der Waals surface area contributed by atoms with Crippen molar-refractivity contribution in [3.63, 3.8) is 0 Å². The lowest BCUT2D eigenvalue weighted by atomic mass is 9.91. The molecule has 2 aliphatic rings. The molecule has 1 saturated carbocycles. The second-order valence-corrected chi connectivity index (χ2v) is 7.24. The first-order valence-corrected chi connectivity index (χ1v) is 8.93. The van der Waals surface area contributed by atoms with Gasteiger partial charge < -0.3 is 0 Å². The van der Waals surface area contributed by atoms with Crippen molar-refractivity contribution in [1.29, 1.82) is 0 Å². The highest BCUT2D eigenvalue weighted by Crippen LogP contribution is 2.27. The zero-order chi connectivity index (χ0) is 16.0. The molecular weight excluding hydrogens is 288 g/mol. The number of hydrogen-bond acceptors (Lipinski definition) is 3. The summed E-state index contributed by atoms with van der Waals surface area (Å²) in [4.78, 5) is 15.5. The molecule has 23 heavy (non-hydrogen) atoms. The second-order valence-electron chi connectivity index (χ2n) is 7.24. The smallest absolute Gasteiger partial charge is 0.256 e. The molecule has 4 rings (SSSR count). The van der Waals surface area contributed by atoms with E-state index in [9.17, 15) is 4.79 Å². The van der Waals surface area contributed by atoms with Crippen LogP contribution in [0.1, 0.15) is 49.7 Å². The van der Waals surface area contributed by atoms with Gasteiger partial charge in [-0.05, 0) is 51.1 Å². The minimum Gasteiger partial charge on any atom is -0.286 e. The lowest BCUT2D eigenvalue weighted by molar-refractivity contribution is 0.194. The molecule has 1 fully saturated rings. The van der Waals surface area contributed by atoms with E-state index in [4.69, 9.17) is 0 Å². The van der Waals surface area contributed by atoms with Crippen molar-refractivity contribution in [3.05, 3.63) is 27.7 Å². The maximum absolute atomic E-state index is 13.1. The summed E-state index contributed by atoms with van der Waals surface area (Å²) in [7, 11) is 4.10. The highest BCUT2D eigenvalue weighted by molar-refractivity contribution is 5.80. The third-order valence-electron chi connectivity index (χ3n) is 5.77. The van der Waals surface area contributed by atoms with E-state index in [2.05, 4.69) is 17.0 Å². The summed E-state index contributed by atoms with van der Waals surface area (Å²) in [5.74, 6) is 0. The summed E-state index contributed by atoms with van der Waals surface area (Å²) in [5.41, 5.74) is 3.49. The molecule has 124 valence electrons. The van der Waals surface area contributed by atoms with E-state index in [1.54, 1.807) is 0 Å². The number of pyridine rings is 1. The molecule has 5 heteroatoms. The van der Waals surface area contributed by atoms with Crippen LogP contribution in [0.3, 0.4) is 0 Å². The number of aryl methyl sites for hydroxylation is 2. The van der Waals surface area contributed by atoms with Crippen LogP contribution in [0, 0.1) is 0 Å². The average molecular weight is 314 g/mol. The number of nitrogens with zero attached hydrogens (tertiary/aromatic N) is 4. The van der Waals surface area contributed by atoms with Gasteiger partial charge in [-0.15, -0.1) is 0 Å². The Bertz CT molecular complexity index is 782. The number of rotatable bonds is 3. The molecule has 0 atom stereocenters. The molecule has 0 N–H and O–H groups in total. The zero-order valence-corrected chi connectivity index (χ0v) is 14.2. The topological polar surface area (TPSA) is 43.1 Å². The van der Waals surface area contributed by atoms with Gasteiger partial charge in [-0.3, -0.25) is 18.9 Å². The summed E-state index contributed by atoms with van der Waals surface area (Å²) in [5, 5.41) is 5.63. The average Bonchev–Trinajstić information content (AvgIpc) is 3.21. The molecule has 0 aliphatic heterocycles. The van der Waals surface area contributed by atoms with Crippen molar-refractivity contribution in [3.8, 4) is 0 Å². The molecule has 0 aromatic carbocycles. The van der Waals surface area contributed by atoms with E-state index in [0.29, 0.717) is 12.7 Å². The van der Waals surface area contributed by atoms with Crippen LogP contribution in [0.15, 0.2) is 11.0 Å². The van der Waals surface area contributed by atoms with Crippen LogP contribution in [-0.2, 0) is 26.6 Å². The van der Waals surface area contributed by atoms with Crippen molar-refractivity contribution in [2.75, 3.05) is 7.05 Å². The van der Waals surface area contributed by atoms with Gasteiger partial charge >= 0.3 is 0 Å². The van der Waals surface area contributed by atoms with Crippen molar-refractivity contribution >= 4 is 11.0 Å². The first-order valence-electron chi connectivity index (χ1n) is 8.93. The predicted molar refractivity (Wildman–Crippen MR) is 91.6 cm³/mol. The molecule has 2 aliphatic carbocycles. The second kappa shape index (κ2) is 5.78. The Morgan fingerprint density at radius 1 is 1.17 bits per heavy atom. The fourth-order valence-corrected chi connectivity index (χ4v) is 4.48. The monoisotopic (exact) mass is 314 g/mol. The fraction of sp³-hybridized carbons (Fsp3) is 0.667. The van der Waals surface area contributed by atoms with Gasteiger partial charge in [0.1, 0.15) is 5.65 Å². The molecule has 0 bridgehead atoms. The summed E-state index contributed by atoms with van der Waals surface area (Å²) in [6, 6.07) is 0.612. The predicted octanol–water partition coefficient (Wildman–Crippen LogP) is 2.45. The van der Waals surface area contributed by atoms with E-state index in [0.717, 1.165) is 30.5 Å². The SMILES string of the molecule is CN(Cn1c(=O)c2c(c3cnn(C)c31)CCCC2)C1CCCC1. The Labute approximate surface area is 136 Å². The Hall–Kier alpha value is -1.62. The van der Waals surface area contributed by atoms with E-state index in [1.165, 1.54) is 43.1 Å². The quantitative estimate of drug-likeness (QED) is 0.874. The molecule has 0 amide bonds. The lowest BCUT2D eigenvalue weighted by Gasteiger charge is -2.27. The molecular formula is C18H26N4O. The van der Waals surface area contributed by atoms with Gasteiger partial charge in [-0.25, -0.2) is 0 Å². The van der Waals surface area contributed by atoms with Crippen molar-refractivity contribution < 1.29 is 0 Å². The van der Waals surface area contributed by atoms with Gasteiger partial charge in [0.15, 0.2) is 0 Å². The Balaban J connectivity index is 1.83. The van der Waals surface area contributed by atoms with Crippen LogP contribution in [0.2, 0.25) is 0 Å². The van der Waals surface area contributed by atoms with E-state index < -0.39 is 0 Å². The van der Waals surface area contributed by atoms with E-state index in [-0.39, 0.29) is 5.56 Å². The number of fused-ring (bicyclic) bond motifs is 3. The summed E-state index contributed by atoms with van der Waals surface area (Å²) < 4.78 is 3.83. The van der Waals surface area contributed by atoms with Crippen LogP contribution >= 0.6 is 0 Å². The third kappa shape index (κ3) is 2.42. The summed E-state index contributed by atoms with van der Waals surface area (Å²) in [6.07, 6.45) is 11.3. The van der Waals surface area contributed by atoms with Gasteiger partial charge in [0.25, 0.3) is 5.56 Å². The highest BCUT2D eigenvalue weighted by Gasteiger charge is 2.24. The van der Waals surface area contributed by atoms with E-state index >= 15 is 0 Å². The third-order valence-corrected chi connectivity index (χ3v) is 5.77.